The van der Waals surface area contributed by atoms with Crippen molar-refractivity contribution in [2.75, 3.05) is 13.1 Å². The van der Waals surface area contributed by atoms with Crippen LogP contribution >= 0.6 is 0 Å². The van der Waals surface area contributed by atoms with Gasteiger partial charge >= 0.3 is 0 Å². The van der Waals surface area contributed by atoms with Gasteiger partial charge in [0.25, 0.3) is 0 Å². The van der Waals surface area contributed by atoms with Gasteiger partial charge in [0.05, 0.1) is 0 Å². The highest BCUT2D eigenvalue weighted by atomic mass is 14.9. The van der Waals surface area contributed by atoms with Gasteiger partial charge in [-0.2, -0.15) is 0 Å². The molecule has 12 heavy (non-hydrogen) atoms. The fourth-order valence-corrected chi connectivity index (χ4v) is 3.25. The Kier molecular flexibility index (Phi) is 2.16. The van der Waals surface area contributed by atoms with E-state index in [9.17, 15) is 0 Å². The minimum atomic E-state index is 0.636. The normalized spacial score (nSPS) is 40.5. The molecule has 0 radical (unpaired) electrons. The van der Waals surface area contributed by atoms with E-state index >= 15 is 0 Å². The molecule has 1 aliphatic carbocycles. The largest absolute Gasteiger partial charge is 0.316 e. The Bertz CT molecular complexity index is 156. The first kappa shape index (κ1) is 8.55. The van der Waals surface area contributed by atoms with Gasteiger partial charge in [-0.05, 0) is 49.6 Å². The number of hydrogen-bond acceptors (Lipinski definition) is 1. The molecule has 0 amide bonds. The van der Waals surface area contributed by atoms with Gasteiger partial charge in [0, 0.05) is 0 Å². The second-order valence-electron chi connectivity index (χ2n) is 5.24. The highest BCUT2D eigenvalue weighted by Crippen LogP contribution is 2.47. The highest BCUT2D eigenvalue weighted by molar-refractivity contribution is 4.91. The zero-order chi connectivity index (χ0) is 8.60. The van der Waals surface area contributed by atoms with Gasteiger partial charge in [0.15, 0.2) is 0 Å². The molecule has 0 aromatic heterocycles. The molecule has 1 saturated carbocycles. The predicted octanol–water partition coefficient (Wildman–Crippen LogP) is 2.42. The number of hydrogen-bond donors (Lipinski definition) is 1. The molecule has 0 unspecified atom stereocenters. The summed E-state index contributed by atoms with van der Waals surface area (Å²) in [7, 11) is 0. The highest BCUT2D eigenvalue weighted by Gasteiger charge is 2.39. The SMILES string of the molecule is CC1(C)CCC[C@@H]1[C@H]1CCNC1. The molecule has 0 aromatic rings. The minimum absolute atomic E-state index is 0.636. The second-order valence-corrected chi connectivity index (χ2v) is 5.24. The van der Waals surface area contributed by atoms with Crippen molar-refractivity contribution in [2.45, 2.75) is 39.5 Å². The van der Waals surface area contributed by atoms with E-state index in [0.29, 0.717) is 5.41 Å². The van der Waals surface area contributed by atoms with Gasteiger partial charge in [-0.1, -0.05) is 20.3 Å². The smallest absolute Gasteiger partial charge is 0.00172 e. The summed E-state index contributed by atoms with van der Waals surface area (Å²) in [6.45, 7) is 7.47. The first-order valence-corrected chi connectivity index (χ1v) is 5.41. The second kappa shape index (κ2) is 3.02. The molecule has 2 aliphatic rings. The molecule has 0 bridgehead atoms. The fraction of sp³-hybridized carbons (Fsp3) is 1.00. The summed E-state index contributed by atoms with van der Waals surface area (Å²) in [5.74, 6) is 2.00. The van der Waals surface area contributed by atoms with Crippen molar-refractivity contribution in [1.29, 1.82) is 0 Å². The van der Waals surface area contributed by atoms with Crippen molar-refractivity contribution in [3.63, 3.8) is 0 Å². The summed E-state index contributed by atoms with van der Waals surface area (Å²) in [5.41, 5.74) is 0.636. The molecule has 2 rings (SSSR count). The average Bonchev–Trinajstić information content (AvgIpc) is 2.55. The Morgan fingerprint density at radius 3 is 2.58 bits per heavy atom. The van der Waals surface area contributed by atoms with Gasteiger partial charge in [0.2, 0.25) is 0 Å². The summed E-state index contributed by atoms with van der Waals surface area (Å²) in [6, 6.07) is 0. The lowest BCUT2D eigenvalue weighted by atomic mass is 9.74. The van der Waals surface area contributed by atoms with Crippen LogP contribution in [0.1, 0.15) is 39.5 Å². The van der Waals surface area contributed by atoms with E-state index < -0.39 is 0 Å². The van der Waals surface area contributed by atoms with Gasteiger partial charge in [-0.25, -0.2) is 0 Å². The monoisotopic (exact) mass is 167 g/mol. The van der Waals surface area contributed by atoms with E-state index in [-0.39, 0.29) is 0 Å². The zero-order valence-electron chi connectivity index (χ0n) is 8.40. The van der Waals surface area contributed by atoms with Gasteiger partial charge in [-0.3, -0.25) is 0 Å². The molecular weight excluding hydrogens is 146 g/mol. The van der Waals surface area contributed by atoms with Gasteiger partial charge < -0.3 is 5.32 Å². The van der Waals surface area contributed by atoms with Crippen LogP contribution < -0.4 is 5.32 Å². The zero-order valence-corrected chi connectivity index (χ0v) is 8.40. The molecule has 2 atom stereocenters. The standard InChI is InChI=1S/C11H21N/c1-11(2)6-3-4-10(11)9-5-7-12-8-9/h9-10,12H,3-8H2,1-2H3/t9-,10+/m0/s1. The number of rotatable bonds is 1. The van der Waals surface area contributed by atoms with E-state index in [2.05, 4.69) is 19.2 Å². The maximum Gasteiger partial charge on any atom is -0.00172 e. The molecule has 0 spiro atoms. The third-order valence-corrected chi connectivity index (χ3v) is 4.01. The van der Waals surface area contributed by atoms with E-state index in [4.69, 9.17) is 0 Å². The predicted molar refractivity (Wildman–Crippen MR) is 52.1 cm³/mol. The Morgan fingerprint density at radius 2 is 2.08 bits per heavy atom. The topological polar surface area (TPSA) is 12.0 Å². The van der Waals surface area contributed by atoms with Crippen molar-refractivity contribution in [3.05, 3.63) is 0 Å². The Balaban J connectivity index is 2.02. The molecular formula is C11H21N. The van der Waals surface area contributed by atoms with Crippen molar-refractivity contribution < 1.29 is 0 Å². The molecule has 1 aliphatic heterocycles. The van der Waals surface area contributed by atoms with Crippen LogP contribution in [-0.2, 0) is 0 Å². The third kappa shape index (κ3) is 1.39. The summed E-state index contributed by atoms with van der Waals surface area (Å²) in [4.78, 5) is 0. The van der Waals surface area contributed by atoms with Crippen LogP contribution in [0.25, 0.3) is 0 Å². The average molecular weight is 167 g/mol. The maximum absolute atomic E-state index is 3.49. The van der Waals surface area contributed by atoms with Crippen LogP contribution in [0.4, 0.5) is 0 Å². The molecule has 1 saturated heterocycles. The summed E-state index contributed by atoms with van der Waals surface area (Å²) in [5, 5.41) is 3.49. The van der Waals surface area contributed by atoms with Crippen molar-refractivity contribution in [3.8, 4) is 0 Å². The lowest BCUT2D eigenvalue weighted by Crippen LogP contribution is -2.27. The lowest BCUT2D eigenvalue weighted by molar-refractivity contribution is 0.187. The molecule has 1 heteroatoms. The van der Waals surface area contributed by atoms with E-state index in [1.54, 1.807) is 0 Å². The van der Waals surface area contributed by atoms with Crippen LogP contribution in [0.15, 0.2) is 0 Å². The Hall–Kier alpha value is -0.0400. The van der Waals surface area contributed by atoms with Gasteiger partial charge in [-0.15, -0.1) is 0 Å². The van der Waals surface area contributed by atoms with Crippen LogP contribution in [0.3, 0.4) is 0 Å². The van der Waals surface area contributed by atoms with Crippen LogP contribution in [0.2, 0.25) is 0 Å². The molecule has 0 aromatic carbocycles. The molecule has 2 fully saturated rings. The van der Waals surface area contributed by atoms with E-state index in [0.717, 1.165) is 11.8 Å². The quantitative estimate of drug-likeness (QED) is 0.632. The molecule has 1 N–H and O–H groups in total. The maximum atomic E-state index is 3.49. The van der Waals surface area contributed by atoms with Crippen molar-refractivity contribution in [1.82, 2.24) is 5.32 Å². The first-order chi connectivity index (χ1) is 5.70. The van der Waals surface area contributed by atoms with Crippen LogP contribution in [-0.4, -0.2) is 13.1 Å². The number of nitrogens with one attached hydrogen (secondary N) is 1. The summed E-state index contributed by atoms with van der Waals surface area (Å²) >= 11 is 0. The Morgan fingerprint density at radius 1 is 1.25 bits per heavy atom. The lowest BCUT2D eigenvalue weighted by Gasteiger charge is -2.31. The van der Waals surface area contributed by atoms with Crippen molar-refractivity contribution in [2.24, 2.45) is 17.3 Å². The molecule has 1 nitrogen and oxygen atoms in total. The summed E-state index contributed by atoms with van der Waals surface area (Å²) < 4.78 is 0. The van der Waals surface area contributed by atoms with Crippen LogP contribution in [0.5, 0.6) is 0 Å². The fourth-order valence-electron chi connectivity index (χ4n) is 3.25. The van der Waals surface area contributed by atoms with E-state index in [1.807, 2.05) is 0 Å². The van der Waals surface area contributed by atoms with Crippen molar-refractivity contribution >= 4 is 0 Å². The van der Waals surface area contributed by atoms with E-state index in [1.165, 1.54) is 38.8 Å². The van der Waals surface area contributed by atoms with Crippen LogP contribution in [0, 0.1) is 17.3 Å². The third-order valence-electron chi connectivity index (χ3n) is 4.01. The minimum Gasteiger partial charge on any atom is -0.316 e. The summed E-state index contributed by atoms with van der Waals surface area (Å²) in [6.07, 6.45) is 5.83. The Labute approximate surface area is 75.9 Å². The first-order valence-electron chi connectivity index (χ1n) is 5.41. The molecule has 1 heterocycles. The molecule has 70 valence electrons. The van der Waals surface area contributed by atoms with Gasteiger partial charge in [0.1, 0.15) is 0 Å².